The molecule has 3 rings (SSSR count). The number of aromatic amines is 1. The molecule has 5 nitrogen and oxygen atoms in total. The zero-order chi connectivity index (χ0) is 20.1. The van der Waals surface area contributed by atoms with Crippen LogP contribution in [0.1, 0.15) is 37.9 Å². The van der Waals surface area contributed by atoms with Crippen LogP contribution in [0.15, 0.2) is 59.2 Å². The van der Waals surface area contributed by atoms with Crippen molar-refractivity contribution in [3.63, 3.8) is 0 Å². The fourth-order valence-corrected chi connectivity index (χ4v) is 3.39. The molecule has 3 aromatic rings. The number of aromatic nitrogens is 1. The van der Waals surface area contributed by atoms with Crippen molar-refractivity contribution in [1.82, 2.24) is 15.6 Å². The number of nitrogens with one attached hydrogen (secondary N) is 3. The molecule has 0 spiro atoms. The number of carbonyl (C=O) groups excluding carboxylic acids is 1. The molecule has 1 heterocycles. The number of hydrogen-bond donors (Lipinski definition) is 3. The highest BCUT2D eigenvalue weighted by Crippen LogP contribution is 2.27. The van der Waals surface area contributed by atoms with Gasteiger partial charge >= 0.3 is 6.09 Å². The van der Waals surface area contributed by atoms with E-state index in [-0.39, 0.29) is 6.04 Å². The minimum atomic E-state index is -0.525. The summed E-state index contributed by atoms with van der Waals surface area (Å²) in [6.07, 6.45) is 1.58. The smallest absolute Gasteiger partial charge is 0.407 e. The van der Waals surface area contributed by atoms with Crippen molar-refractivity contribution >= 4 is 32.9 Å². The number of H-pyrrole nitrogens is 1. The van der Waals surface area contributed by atoms with Gasteiger partial charge in [0.25, 0.3) is 0 Å². The lowest BCUT2D eigenvalue weighted by Crippen LogP contribution is -2.38. The molecule has 6 heteroatoms. The van der Waals surface area contributed by atoms with Crippen LogP contribution in [0.4, 0.5) is 4.79 Å². The van der Waals surface area contributed by atoms with Gasteiger partial charge in [-0.25, -0.2) is 4.79 Å². The van der Waals surface area contributed by atoms with Gasteiger partial charge in [-0.2, -0.15) is 0 Å². The van der Waals surface area contributed by atoms with E-state index in [2.05, 4.69) is 49.7 Å². The molecule has 3 N–H and O–H groups in total. The summed E-state index contributed by atoms with van der Waals surface area (Å²) < 4.78 is 6.40. The lowest BCUT2D eigenvalue weighted by molar-refractivity contribution is 0.0522. The molecular weight excluding hydrogens is 418 g/mol. The summed E-state index contributed by atoms with van der Waals surface area (Å²) in [5.74, 6) is 0. The van der Waals surface area contributed by atoms with Gasteiger partial charge in [0.2, 0.25) is 0 Å². The second kappa shape index (κ2) is 8.80. The first-order valence-corrected chi connectivity index (χ1v) is 10.1. The molecule has 1 aromatic heterocycles. The minimum absolute atomic E-state index is 0.0734. The summed E-state index contributed by atoms with van der Waals surface area (Å²) in [7, 11) is 0. The first-order valence-electron chi connectivity index (χ1n) is 9.32. The lowest BCUT2D eigenvalue weighted by Gasteiger charge is -2.23. The number of alkyl carbamates (subject to hydrolysis) is 1. The van der Waals surface area contributed by atoms with Gasteiger partial charge in [0.05, 0.1) is 6.04 Å². The topological polar surface area (TPSA) is 66.2 Å². The predicted molar refractivity (Wildman–Crippen MR) is 116 cm³/mol. The molecule has 0 saturated carbocycles. The van der Waals surface area contributed by atoms with Gasteiger partial charge in [-0.3, -0.25) is 0 Å². The molecule has 0 fully saturated rings. The highest BCUT2D eigenvalue weighted by molar-refractivity contribution is 9.10. The Labute approximate surface area is 174 Å². The van der Waals surface area contributed by atoms with Crippen molar-refractivity contribution in [3.05, 3.63) is 70.3 Å². The Kier molecular flexibility index (Phi) is 6.42. The van der Waals surface area contributed by atoms with E-state index in [0.717, 1.165) is 20.9 Å². The Morgan fingerprint density at radius 2 is 1.93 bits per heavy atom. The maximum absolute atomic E-state index is 12.1. The molecule has 0 radical (unpaired) electrons. The van der Waals surface area contributed by atoms with E-state index in [9.17, 15) is 4.79 Å². The van der Waals surface area contributed by atoms with E-state index in [1.165, 1.54) is 5.56 Å². The van der Waals surface area contributed by atoms with Gasteiger partial charge in [-0.15, -0.1) is 0 Å². The van der Waals surface area contributed by atoms with Crippen LogP contribution < -0.4 is 10.6 Å². The van der Waals surface area contributed by atoms with Gasteiger partial charge in [0.15, 0.2) is 0 Å². The largest absolute Gasteiger partial charge is 0.444 e. The SMILES string of the molecule is CC(C)(C)OC(=O)NCC(NCc1ccccc1)c1c[nH]c2ccc(Br)cc12. The Hall–Kier alpha value is -2.31. The van der Waals surface area contributed by atoms with Crippen LogP contribution in [-0.2, 0) is 11.3 Å². The molecule has 148 valence electrons. The van der Waals surface area contributed by atoms with Crippen LogP contribution in [-0.4, -0.2) is 23.2 Å². The Balaban J connectivity index is 1.79. The van der Waals surface area contributed by atoms with Gasteiger partial charge in [-0.1, -0.05) is 46.3 Å². The molecule has 0 aliphatic carbocycles. The Morgan fingerprint density at radius 1 is 1.18 bits per heavy atom. The van der Waals surface area contributed by atoms with E-state index in [0.29, 0.717) is 13.1 Å². The molecule has 28 heavy (non-hydrogen) atoms. The first-order chi connectivity index (χ1) is 13.3. The van der Waals surface area contributed by atoms with Crippen LogP contribution in [0.5, 0.6) is 0 Å². The standard InChI is InChI=1S/C22H26BrN3O2/c1-22(2,3)28-21(27)26-14-20(24-12-15-7-5-4-6-8-15)18-13-25-19-10-9-16(23)11-17(18)19/h4-11,13,20,24-25H,12,14H2,1-3H3,(H,26,27). The van der Waals surface area contributed by atoms with Gasteiger partial charge in [-0.05, 0) is 50.1 Å². The Bertz CT molecular complexity index is 932. The molecule has 0 aliphatic rings. The third kappa shape index (κ3) is 5.59. The van der Waals surface area contributed by atoms with E-state index < -0.39 is 11.7 Å². The zero-order valence-corrected chi connectivity index (χ0v) is 18.0. The highest BCUT2D eigenvalue weighted by Gasteiger charge is 2.20. The highest BCUT2D eigenvalue weighted by atomic mass is 79.9. The minimum Gasteiger partial charge on any atom is -0.444 e. The van der Waals surface area contributed by atoms with E-state index in [1.54, 1.807) is 0 Å². The van der Waals surface area contributed by atoms with E-state index >= 15 is 0 Å². The molecule has 1 amide bonds. The fourth-order valence-electron chi connectivity index (χ4n) is 3.03. The van der Waals surface area contributed by atoms with E-state index in [4.69, 9.17) is 4.74 Å². The maximum atomic E-state index is 12.1. The van der Waals surface area contributed by atoms with Crippen molar-refractivity contribution in [2.45, 2.75) is 39.0 Å². The number of hydrogen-bond acceptors (Lipinski definition) is 3. The third-order valence-electron chi connectivity index (χ3n) is 4.30. The molecule has 1 atom stereocenters. The molecular formula is C22H26BrN3O2. The summed E-state index contributed by atoms with van der Waals surface area (Å²) in [6, 6.07) is 16.3. The number of amides is 1. The average Bonchev–Trinajstić information content (AvgIpc) is 3.04. The number of halogens is 1. The van der Waals surface area contributed by atoms with Crippen LogP contribution in [0.3, 0.4) is 0 Å². The summed E-state index contributed by atoms with van der Waals surface area (Å²) in [5.41, 5.74) is 2.82. The average molecular weight is 444 g/mol. The van der Waals surface area contributed by atoms with Gasteiger partial charge in [0, 0.05) is 34.7 Å². The summed E-state index contributed by atoms with van der Waals surface area (Å²) in [5, 5.41) is 7.57. The molecule has 0 aliphatic heterocycles. The van der Waals surface area contributed by atoms with Crippen LogP contribution >= 0.6 is 15.9 Å². The van der Waals surface area contributed by atoms with Crippen molar-refractivity contribution in [1.29, 1.82) is 0 Å². The van der Waals surface area contributed by atoms with Crippen LogP contribution in [0.2, 0.25) is 0 Å². The van der Waals surface area contributed by atoms with Crippen molar-refractivity contribution in [3.8, 4) is 0 Å². The number of rotatable bonds is 6. The Morgan fingerprint density at radius 3 is 2.64 bits per heavy atom. The molecule has 0 bridgehead atoms. The first kappa shape index (κ1) is 20.4. The number of fused-ring (bicyclic) bond motifs is 1. The monoisotopic (exact) mass is 443 g/mol. The quantitative estimate of drug-likeness (QED) is 0.484. The normalized spacial score (nSPS) is 12.7. The lowest BCUT2D eigenvalue weighted by atomic mass is 10.1. The second-order valence-corrected chi connectivity index (χ2v) is 8.65. The van der Waals surface area contributed by atoms with Crippen molar-refractivity contribution in [2.75, 3.05) is 6.54 Å². The molecule has 2 aromatic carbocycles. The summed E-state index contributed by atoms with van der Waals surface area (Å²) in [6.45, 7) is 6.68. The van der Waals surface area contributed by atoms with Crippen LogP contribution in [0.25, 0.3) is 10.9 Å². The third-order valence-corrected chi connectivity index (χ3v) is 4.79. The number of carbonyl (C=O) groups is 1. The zero-order valence-electron chi connectivity index (χ0n) is 16.4. The maximum Gasteiger partial charge on any atom is 0.407 e. The molecule has 1 unspecified atom stereocenters. The van der Waals surface area contributed by atoms with Crippen molar-refractivity contribution in [2.24, 2.45) is 0 Å². The number of benzene rings is 2. The van der Waals surface area contributed by atoms with Crippen molar-refractivity contribution < 1.29 is 9.53 Å². The second-order valence-electron chi connectivity index (χ2n) is 7.74. The predicted octanol–water partition coefficient (Wildman–Crippen LogP) is 5.29. The summed E-state index contributed by atoms with van der Waals surface area (Å²) >= 11 is 3.55. The van der Waals surface area contributed by atoms with Crippen LogP contribution in [0, 0.1) is 0 Å². The fraction of sp³-hybridized carbons (Fsp3) is 0.318. The number of ether oxygens (including phenoxy) is 1. The van der Waals surface area contributed by atoms with E-state index in [1.807, 2.05) is 57.3 Å². The van der Waals surface area contributed by atoms with Gasteiger partial charge < -0.3 is 20.4 Å². The molecule has 0 saturated heterocycles. The van der Waals surface area contributed by atoms with Gasteiger partial charge in [0.1, 0.15) is 5.60 Å². The summed E-state index contributed by atoms with van der Waals surface area (Å²) in [4.78, 5) is 15.5.